The third-order valence-corrected chi connectivity index (χ3v) is 6.41. The van der Waals surface area contributed by atoms with E-state index in [1.54, 1.807) is 0 Å². The monoisotopic (exact) mass is 315 g/mol. The minimum absolute atomic E-state index is 0.112. The SMILES string of the molecule is CC1(C(=O)N2CCc3ccccc3C2)CCC(C(=O)O)C1(C)C. The fourth-order valence-electron chi connectivity index (χ4n) is 4.33. The molecule has 1 amide bonds. The molecular formula is C19H25NO3. The smallest absolute Gasteiger partial charge is 0.307 e. The number of amides is 1. The quantitative estimate of drug-likeness (QED) is 0.912. The Balaban J connectivity index is 1.85. The summed E-state index contributed by atoms with van der Waals surface area (Å²) in [5.74, 6) is -1.12. The molecule has 0 radical (unpaired) electrons. The molecule has 0 bridgehead atoms. The lowest BCUT2D eigenvalue weighted by Gasteiger charge is -2.43. The highest BCUT2D eigenvalue weighted by atomic mass is 16.4. The van der Waals surface area contributed by atoms with Gasteiger partial charge in [0.15, 0.2) is 0 Å². The summed E-state index contributed by atoms with van der Waals surface area (Å²) in [7, 11) is 0. The summed E-state index contributed by atoms with van der Waals surface area (Å²) < 4.78 is 0. The van der Waals surface area contributed by atoms with Crippen LogP contribution in [0.2, 0.25) is 0 Å². The molecule has 1 N–H and O–H groups in total. The summed E-state index contributed by atoms with van der Waals surface area (Å²) in [4.78, 5) is 26.7. The lowest BCUT2D eigenvalue weighted by molar-refractivity contribution is -0.153. The second-order valence-corrected chi connectivity index (χ2v) is 7.73. The van der Waals surface area contributed by atoms with Gasteiger partial charge in [-0.25, -0.2) is 0 Å². The van der Waals surface area contributed by atoms with Crippen molar-refractivity contribution in [3.63, 3.8) is 0 Å². The van der Waals surface area contributed by atoms with Crippen molar-refractivity contribution in [3.8, 4) is 0 Å². The fourth-order valence-corrected chi connectivity index (χ4v) is 4.33. The molecule has 23 heavy (non-hydrogen) atoms. The zero-order valence-electron chi connectivity index (χ0n) is 14.1. The van der Waals surface area contributed by atoms with E-state index in [1.165, 1.54) is 11.1 Å². The van der Waals surface area contributed by atoms with Crippen molar-refractivity contribution in [2.75, 3.05) is 6.54 Å². The van der Waals surface area contributed by atoms with Gasteiger partial charge in [0, 0.05) is 13.1 Å². The number of benzene rings is 1. The van der Waals surface area contributed by atoms with Crippen LogP contribution in [-0.2, 0) is 22.6 Å². The third-order valence-electron chi connectivity index (χ3n) is 6.41. The van der Waals surface area contributed by atoms with Gasteiger partial charge in [0.2, 0.25) is 5.91 Å². The van der Waals surface area contributed by atoms with Gasteiger partial charge < -0.3 is 10.0 Å². The molecular weight excluding hydrogens is 290 g/mol. The summed E-state index contributed by atoms with van der Waals surface area (Å²) in [5, 5.41) is 9.48. The lowest BCUT2D eigenvalue weighted by atomic mass is 9.65. The van der Waals surface area contributed by atoms with Crippen LogP contribution in [0.3, 0.4) is 0 Å². The Morgan fingerprint density at radius 1 is 1.17 bits per heavy atom. The highest BCUT2D eigenvalue weighted by molar-refractivity contribution is 5.86. The van der Waals surface area contributed by atoms with Crippen LogP contribution in [0.4, 0.5) is 0 Å². The van der Waals surface area contributed by atoms with Gasteiger partial charge in [0.1, 0.15) is 0 Å². The van der Waals surface area contributed by atoms with Gasteiger partial charge in [0.25, 0.3) is 0 Å². The summed E-state index contributed by atoms with van der Waals surface area (Å²) >= 11 is 0. The van der Waals surface area contributed by atoms with Gasteiger partial charge >= 0.3 is 5.97 Å². The van der Waals surface area contributed by atoms with Crippen molar-refractivity contribution in [1.29, 1.82) is 0 Å². The first-order chi connectivity index (χ1) is 10.8. The molecule has 1 aliphatic heterocycles. The van der Waals surface area contributed by atoms with E-state index in [4.69, 9.17) is 0 Å². The van der Waals surface area contributed by atoms with Crippen molar-refractivity contribution in [2.24, 2.45) is 16.7 Å². The van der Waals surface area contributed by atoms with E-state index < -0.39 is 22.7 Å². The topological polar surface area (TPSA) is 57.6 Å². The van der Waals surface area contributed by atoms with Crippen LogP contribution in [0.25, 0.3) is 0 Å². The van der Waals surface area contributed by atoms with Crippen LogP contribution in [0, 0.1) is 16.7 Å². The zero-order valence-corrected chi connectivity index (χ0v) is 14.1. The Morgan fingerprint density at radius 3 is 2.43 bits per heavy atom. The van der Waals surface area contributed by atoms with Gasteiger partial charge in [-0.05, 0) is 35.8 Å². The number of carboxylic acid groups (broad SMARTS) is 1. The first kappa shape index (κ1) is 16.0. The van der Waals surface area contributed by atoms with Crippen molar-refractivity contribution in [3.05, 3.63) is 35.4 Å². The molecule has 2 atom stereocenters. The van der Waals surface area contributed by atoms with Gasteiger partial charge in [-0.15, -0.1) is 0 Å². The first-order valence-corrected chi connectivity index (χ1v) is 8.36. The minimum atomic E-state index is -0.782. The van der Waals surface area contributed by atoms with Gasteiger partial charge in [-0.2, -0.15) is 0 Å². The van der Waals surface area contributed by atoms with Crippen LogP contribution in [-0.4, -0.2) is 28.4 Å². The van der Waals surface area contributed by atoms with Crippen molar-refractivity contribution >= 4 is 11.9 Å². The Labute approximate surface area is 137 Å². The summed E-state index contributed by atoms with van der Waals surface area (Å²) in [5.41, 5.74) is 1.38. The maximum absolute atomic E-state index is 13.2. The maximum Gasteiger partial charge on any atom is 0.307 e. The fraction of sp³-hybridized carbons (Fsp3) is 0.579. The van der Waals surface area contributed by atoms with E-state index in [1.807, 2.05) is 37.8 Å². The molecule has 0 saturated heterocycles. The number of carbonyl (C=O) groups is 2. The standard InChI is InChI=1S/C19H25NO3/c1-18(2)15(16(21)22)8-10-19(18,3)17(23)20-11-9-13-6-4-5-7-14(13)12-20/h4-7,15H,8-12H2,1-3H3,(H,21,22). The number of hydrogen-bond donors (Lipinski definition) is 1. The average Bonchev–Trinajstić information content (AvgIpc) is 2.77. The number of carboxylic acids is 1. The largest absolute Gasteiger partial charge is 0.481 e. The molecule has 4 nitrogen and oxygen atoms in total. The number of hydrogen-bond acceptors (Lipinski definition) is 2. The van der Waals surface area contributed by atoms with Crippen LogP contribution in [0.15, 0.2) is 24.3 Å². The summed E-state index contributed by atoms with van der Waals surface area (Å²) in [6.45, 7) is 7.19. The number of carbonyl (C=O) groups excluding carboxylic acids is 1. The molecule has 1 aliphatic carbocycles. The predicted octanol–water partition coefficient (Wildman–Crippen LogP) is 3.10. The normalized spacial score (nSPS) is 29.2. The van der Waals surface area contributed by atoms with E-state index in [-0.39, 0.29) is 5.91 Å². The average molecular weight is 315 g/mol. The minimum Gasteiger partial charge on any atom is -0.481 e. The Kier molecular flexibility index (Phi) is 3.74. The molecule has 1 aromatic rings. The number of fused-ring (bicyclic) bond motifs is 1. The van der Waals surface area contributed by atoms with Crippen molar-refractivity contribution < 1.29 is 14.7 Å². The molecule has 4 heteroatoms. The van der Waals surface area contributed by atoms with Gasteiger partial charge in [-0.3, -0.25) is 9.59 Å². The molecule has 1 heterocycles. The molecule has 1 aromatic carbocycles. The molecule has 2 aliphatic rings. The number of nitrogens with zero attached hydrogens (tertiary/aromatic N) is 1. The first-order valence-electron chi connectivity index (χ1n) is 8.36. The van der Waals surface area contributed by atoms with E-state index in [9.17, 15) is 14.7 Å². The summed E-state index contributed by atoms with van der Waals surface area (Å²) in [6.07, 6.45) is 2.10. The summed E-state index contributed by atoms with van der Waals surface area (Å²) in [6, 6.07) is 8.25. The Bertz CT molecular complexity index is 652. The van der Waals surface area contributed by atoms with Crippen molar-refractivity contribution in [2.45, 2.75) is 46.6 Å². The Hall–Kier alpha value is -1.84. The van der Waals surface area contributed by atoms with Crippen molar-refractivity contribution in [1.82, 2.24) is 4.90 Å². The Morgan fingerprint density at radius 2 is 1.83 bits per heavy atom. The van der Waals surface area contributed by atoms with Crippen LogP contribution < -0.4 is 0 Å². The zero-order chi connectivity index (χ0) is 16.8. The maximum atomic E-state index is 13.2. The van der Waals surface area contributed by atoms with Crippen LogP contribution >= 0.6 is 0 Å². The van der Waals surface area contributed by atoms with Gasteiger partial charge in [0.05, 0.1) is 11.3 Å². The highest BCUT2D eigenvalue weighted by Gasteiger charge is 2.59. The predicted molar refractivity (Wildman–Crippen MR) is 87.8 cm³/mol. The van der Waals surface area contributed by atoms with E-state index in [2.05, 4.69) is 12.1 Å². The van der Waals surface area contributed by atoms with E-state index in [0.29, 0.717) is 19.4 Å². The van der Waals surface area contributed by atoms with Crippen LogP contribution in [0.5, 0.6) is 0 Å². The molecule has 3 rings (SSSR count). The molecule has 0 spiro atoms. The molecule has 1 fully saturated rings. The molecule has 0 aromatic heterocycles. The second kappa shape index (κ2) is 5.36. The van der Waals surface area contributed by atoms with E-state index >= 15 is 0 Å². The second-order valence-electron chi connectivity index (χ2n) is 7.73. The van der Waals surface area contributed by atoms with E-state index in [0.717, 1.165) is 13.0 Å². The molecule has 124 valence electrons. The van der Waals surface area contributed by atoms with Gasteiger partial charge in [-0.1, -0.05) is 45.0 Å². The number of rotatable bonds is 2. The molecule has 2 unspecified atom stereocenters. The van der Waals surface area contributed by atoms with Crippen LogP contribution in [0.1, 0.15) is 44.7 Å². The third kappa shape index (κ3) is 2.35. The number of aliphatic carboxylic acids is 1. The highest BCUT2D eigenvalue weighted by Crippen LogP contribution is 2.57. The molecule has 1 saturated carbocycles. The lowest BCUT2D eigenvalue weighted by Crippen LogP contribution is -2.50.